The van der Waals surface area contributed by atoms with Gasteiger partial charge in [0.25, 0.3) is 0 Å². The number of aliphatic hydroxyl groups is 1. The molecule has 0 fully saturated rings. The predicted molar refractivity (Wildman–Crippen MR) is 80.6 cm³/mol. The number of rotatable bonds is 7. The van der Waals surface area contributed by atoms with Gasteiger partial charge in [-0.25, -0.2) is 0 Å². The average molecular weight is 277 g/mol. The van der Waals surface area contributed by atoms with Gasteiger partial charge in [0.1, 0.15) is 5.75 Å². The van der Waals surface area contributed by atoms with E-state index in [-0.39, 0.29) is 12.0 Å². The Balaban J connectivity index is 2.52. The Morgan fingerprint density at radius 2 is 2.05 bits per heavy atom. The van der Waals surface area contributed by atoms with E-state index in [4.69, 9.17) is 4.74 Å². The average Bonchev–Trinajstić information content (AvgIpc) is 2.47. The second kappa shape index (κ2) is 8.38. The normalized spacial score (nSPS) is 12.9. The molecule has 1 aromatic carbocycles. The molecule has 20 heavy (non-hydrogen) atoms. The predicted octanol–water partition coefficient (Wildman–Crippen LogP) is 2.38. The van der Waals surface area contributed by atoms with Crippen molar-refractivity contribution in [3.8, 4) is 5.75 Å². The number of methoxy groups -OCH3 is 1. The van der Waals surface area contributed by atoms with Crippen LogP contribution in [0.1, 0.15) is 32.3 Å². The molecule has 0 spiro atoms. The highest BCUT2D eigenvalue weighted by Crippen LogP contribution is 2.17. The van der Waals surface area contributed by atoms with Gasteiger partial charge in [-0.05, 0) is 43.0 Å². The van der Waals surface area contributed by atoms with E-state index in [1.807, 2.05) is 38.1 Å². The van der Waals surface area contributed by atoms with Crippen molar-refractivity contribution in [3.63, 3.8) is 0 Å². The van der Waals surface area contributed by atoms with Crippen molar-refractivity contribution in [2.75, 3.05) is 13.7 Å². The number of carbonyl (C=O) groups excluding carboxylic acids is 1. The number of hydrogen-bond donors (Lipinski definition) is 2. The Morgan fingerprint density at radius 3 is 2.60 bits per heavy atom. The van der Waals surface area contributed by atoms with Gasteiger partial charge >= 0.3 is 0 Å². The number of aliphatic hydroxyl groups excluding tert-OH is 1. The fourth-order valence-electron chi connectivity index (χ4n) is 1.75. The van der Waals surface area contributed by atoms with Crippen molar-refractivity contribution in [2.45, 2.75) is 32.8 Å². The Labute approximate surface area is 120 Å². The molecule has 0 saturated heterocycles. The number of allylic oxidation sites excluding steroid dienone is 1. The van der Waals surface area contributed by atoms with E-state index in [0.717, 1.165) is 16.9 Å². The highest BCUT2D eigenvalue weighted by molar-refractivity contribution is 5.94. The number of benzene rings is 1. The maximum Gasteiger partial charge on any atom is 0.244 e. The van der Waals surface area contributed by atoms with Crippen LogP contribution in [0.2, 0.25) is 0 Å². The molecule has 0 aromatic heterocycles. The summed E-state index contributed by atoms with van der Waals surface area (Å²) in [5.74, 6) is 0.654. The molecule has 1 unspecified atom stereocenters. The summed E-state index contributed by atoms with van der Waals surface area (Å²) in [7, 11) is 1.62. The topological polar surface area (TPSA) is 58.6 Å². The lowest BCUT2D eigenvalue weighted by molar-refractivity contribution is -0.116. The third-order valence-corrected chi connectivity index (χ3v) is 3.14. The third kappa shape index (κ3) is 5.45. The smallest absolute Gasteiger partial charge is 0.244 e. The van der Waals surface area contributed by atoms with E-state index in [0.29, 0.717) is 19.4 Å². The highest BCUT2D eigenvalue weighted by Gasteiger charge is 2.03. The van der Waals surface area contributed by atoms with Crippen LogP contribution in [0.3, 0.4) is 0 Å². The molecule has 0 aliphatic carbocycles. The van der Waals surface area contributed by atoms with Gasteiger partial charge in [0, 0.05) is 12.6 Å². The van der Waals surface area contributed by atoms with E-state index in [1.165, 1.54) is 0 Å². The molecule has 1 rings (SSSR count). The Morgan fingerprint density at radius 1 is 1.40 bits per heavy atom. The zero-order chi connectivity index (χ0) is 15.0. The van der Waals surface area contributed by atoms with E-state index < -0.39 is 0 Å². The van der Waals surface area contributed by atoms with Crippen LogP contribution < -0.4 is 10.1 Å². The van der Waals surface area contributed by atoms with Gasteiger partial charge in [0.15, 0.2) is 0 Å². The number of amides is 1. The lowest BCUT2D eigenvalue weighted by Crippen LogP contribution is -2.25. The highest BCUT2D eigenvalue weighted by atomic mass is 16.5. The zero-order valence-corrected chi connectivity index (χ0v) is 12.3. The van der Waals surface area contributed by atoms with Crippen molar-refractivity contribution in [2.24, 2.45) is 0 Å². The summed E-state index contributed by atoms with van der Waals surface area (Å²) in [6.45, 7) is 4.29. The van der Waals surface area contributed by atoms with E-state index in [9.17, 15) is 9.90 Å². The van der Waals surface area contributed by atoms with Gasteiger partial charge in [-0.3, -0.25) is 4.79 Å². The fraction of sp³-hybridized carbons (Fsp3) is 0.438. The van der Waals surface area contributed by atoms with Crippen LogP contribution in [0, 0.1) is 0 Å². The first-order chi connectivity index (χ1) is 9.56. The lowest BCUT2D eigenvalue weighted by Gasteiger charge is -2.08. The molecular formula is C16H23NO3. The first-order valence-electron chi connectivity index (χ1n) is 6.85. The van der Waals surface area contributed by atoms with Crippen LogP contribution >= 0.6 is 0 Å². The monoisotopic (exact) mass is 277 g/mol. The van der Waals surface area contributed by atoms with Crippen LogP contribution in [0.5, 0.6) is 5.75 Å². The number of carbonyl (C=O) groups is 1. The van der Waals surface area contributed by atoms with Crippen molar-refractivity contribution < 1.29 is 14.6 Å². The standard InChI is InChI=1S/C16H23NO3/c1-4-14(18)9-10-17-16(19)11-12(2)13-5-7-15(20-3)8-6-13/h5-8,11,14,18H,4,9-10H2,1-3H3,(H,17,19)/b12-11-. The van der Waals surface area contributed by atoms with Crippen LogP contribution in [0.25, 0.3) is 5.57 Å². The Hall–Kier alpha value is -1.81. The summed E-state index contributed by atoms with van der Waals surface area (Å²) < 4.78 is 5.09. The van der Waals surface area contributed by atoms with Gasteiger partial charge in [0.05, 0.1) is 13.2 Å². The van der Waals surface area contributed by atoms with Gasteiger partial charge < -0.3 is 15.2 Å². The minimum absolute atomic E-state index is 0.137. The van der Waals surface area contributed by atoms with Gasteiger partial charge in [-0.2, -0.15) is 0 Å². The maximum atomic E-state index is 11.7. The van der Waals surface area contributed by atoms with E-state index >= 15 is 0 Å². The fourth-order valence-corrected chi connectivity index (χ4v) is 1.75. The van der Waals surface area contributed by atoms with Crippen molar-refractivity contribution in [1.82, 2.24) is 5.32 Å². The molecule has 4 nitrogen and oxygen atoms in total. The van der Waals surface area contributed by atoms with Crippen molar-refractivity contribution in [1.29, 1.82) is 0 Å². The quantitative estimate of drug-likeness (QED) is 0.752. The molecule has 110 valence electrons. The van der Waals surface area contributed by atoms with E-state index in [1.54, 1.807) is 13.2 Å². The van der Waals surface area contributed by atoms with Gasteiger partial charge in [0.2, 0.25) is 5.91 Å². The zero-order valence-electron chi connectivity index (χ0n) is 12.3. The summed E-state index contributed by atoms with van der Waals surface area (Å²) in [4.78, 5) is 11.7. The minimum Gasteiger partial charge on any atom is -0.497 e. The summed E-state index contributed by atoms with van der Waals surface area (Å²) in [5, 5.41) is 12.2. The molecule has 2 N–H and O–H groups in total. The molecule has 1 atom stereocenters. The van der Waals surface area contributed by atoms with E-state index in [2.05, 4.69) is 5.32 Å². The van der Waals surface area contributed by atoms with Crippen molar-refractivity contribution in [3.05, 3.63) is 35.9 Å². The largest absolute Gasteiger partial charge is 0.497 e. The summed E-state index contributed by atoms with van der Waals surface area (Å²) in [6.07, 6.45) is 2.51. The summed E-state index contributed by atoms with van der Waals surface area (Å²) in [5.41, 5.74) is 1.87. The molecule has 0 bridgehead atoms. The first kappa shape index (κ1) is 16.2. The molecule has 1 amide bonds. The Bertz CT molecular complexity index is 451. The van der Waals surface area contributed by atoms with Crippen LogP contribution in [0.4, 0.5) is 0 Å². The Kier molecular flexibility index (Phi) is 6.81. The molecule has 0 aliphatic heterocycles. The summed E-state index contributed by atoms with van der Waals surface area (Å²) in [6, 6.07) is 7.56. The summed E-state index contributed by atoms with van der Waals surface area (Å²) >= 11 is 0. The molecule has 0 saturated carbocycles. The van der Waals surface area contributed by atoms with Gasteiger partial charge in [-0.1, -0.05) is 19.1 Å². The van der Waals surface area contributed by atoms with Crippen LogP contribution in [-0.4, -0.2) is 30.8 Å². The maximum absolute atomic E-state index is 11.7. The number of nitrogens with one attached hydrogen (secondary N) is 1. The molecule has 0 heterocycles. The lowest BCUT2D eigenvalue weighted by atomic mass is 10.1. The minimum atomic E-state index is -0.345. The van der Waals surface area contributed by atoms with Gasteiger partial charge in [-0.15, -0.1) is 0 Å². The van der Waals surface area contributed by atoms with Crippen LogP contribution in [-0.2, 0) is 4.79 Å². The van der Waals surface area contributed by atoms with Crippen LogP contribution in [0.15, 0.2) is 30.3 Å². The molecule has 1 aromatic rings. The molecular weight excluding hydrogens is 254 g/mol. The number of ether oxygens (including phenoxy) is 1. The first-order valence-corrected chi connectivity index (χ1v) is 6.85. The van der Waals surface area contributed by atoms with Crippen molar-refractivity contribution >= 4 is 11.5 Å². The molecule has 0 radical (unpaired) electrons. The SMILES string of the molecule is CCC(O)CCNC(=O)/C=C(/C)c1ccc(OC)cc1. The molecule has 4 heteroatoms. The molecule has 0 aliphatic rings. The second-order valence-electron chi connectivity index (χ2n) is 4.70. The third-order valence-electron chi connectivity index (χ3n) is 3.14. The number of hydrogen-bond acceptors (Lipinski definition) is 3. The second-order valence-corrected chi connectivity index (χ2v) is 4.70.